The van der Waals surface area contributed by atoms with Gasteiger partial charge in [-0.1, -0.05) is 18.9 Å². The van der Waals surface area contributed by atoms with E-state index in [1.165, 1.54) is 6.07 Å². The predicted molar refractivity (Wildman–Crippen MR) is 76.4 cm³/mol. The van der Waals surface area contributed by atoms with Gasteiger partial charge in [-0.05, 0) is 25.8 Å². The Balaban J connectivity index is 2.24. The van der Waals surface area contributed by atoms with Crippen molar-refractivity contribution in [3.63, 3.8) is 0 Å². The van der Waals surface area contributed by atoms with Crippen molar-refractivity contribution >= 4 is 17.3 Å². The van der Waals surface area contributed by atoms with E-state index in [1.807, 2.05) is 0 Å². The highest BCUT2D eigenvalue weighted by Gasteiger charge is 2.40. The first-order valence-electron chi connectivity index (χ1n) is 6.76. The van der Waals surface area contributed by atoms with Gasteiger partial charge >= 0.3 is 0 Å². The van der Waals surface area contributed by atoms with Gasteiger partial charge in [-0.15, -0.1) is 0 Å². The molecule has 0 bridgehead atoms. The van der Waals surface area contributed by atoms with Crippen molar-refractivity contribution in [1.29, 1.82) is 0 Å². The largest absolute Gasteiger partial charge is 0.329 e. The summed E-state index contributed by atoms with van der Waals surface area (Å²) in [6, 6.07) is 4.68. The number of carbonyl (C=O) groups excluding carboxylic acids is 1. The van der Waals surface area contributed by atoms with Gasteiger partial charge in [0.25, 0.3) is 5.69 Å². The van der Waals surface area contributed by atoms with E-state index in [1.54, 1.807) is 19.1 Å². The zero-order valence-electron chi connectivity index (χ0n) is 11.5. The molecule has 1 aromatic rings. The van der Waals surface area contributed by atoms with Crippen LogP contribution in [0, 0.1) is 22.5 Å². The lowest BCUT2D eigenvalue weighted by atomic mass is 9.85. The molecule has 2 rings (SSSR count). The summed E-state index contributed by atoms with van der Waals surface area (Å²) >= 11 is 0. The van der Waals surface area contributed by atoms with Crippen molar-refractivity contribution in [2.24, 2.45) is 11.1 Å². The molecule has 0 aliphatic heterocycles. The molecule has 0 unspecified atom stereocenters. The first-order valence-corrected chi connectivity index (χ1v) is 6.76. The Kier molecular flexibility index (Phi) is 4.04. The summed E-state index contributed by atoms with van der Waals surface area (Å²) in [6.07, 6.45) is 3.56. The summed E-state index contributed by atoms with van der Waals surface area (Å²) in [5.41, 5.74) is 6.22. The van der Waals surface area contributed by atoms with Crippen LogP contribution in [-0.2, 0) is 4.79 Å². The normalized spacial score (nSPS) is 16.9. The Hall–Kier alpha value is -1.95. The second-order valence-electron chi connectivity index (χ2n) is 5.35. The lowest BCUT2D eigenvalue weighted by molar-refractivity contribution is -0.385. The number of nitrogens with one attached hydrogen (secondary N) is 1. The third kappa shape index (κ3) is 2.51. The van der Waals surface area contributed by atoms with Gasteiger partial charge in [-0.2, -0.15) is 0 Å². The Morgan fingerprint density at radius 1 is 1.45 bits per heavy atom. The number of carbonyl (C=O) groups is 1. The summed E-state index contributed by atoms with van der Waals surface area (Å²) in [4.78, 5) is 22.9. The van der Waals surface area contributed by atoms with E-state index in [0.717, 1.165) is 25.7 Å². The van der Waals surface area contributed by atoms with Crippen LogP contribution < -0.4 is 11.1 Å². The van der Waals surface area contributed by atoms with Crippen molar-refractivity contribution in [3.05, 3.63) is 33.9 Å². The molecule has 3 N–H and O–H groups in total. The summed E-state index contributed by atoms with van der Waals surface area (Å²) in [6.45, 7) is 1.95. The summed E-state index contributed by atoms with van der Waals surface area (Å²) in [7, 11) is 0. The van der Waals surface area contributed by atoms with Crippen LogP contribution >= 0.6 is 0 Å². The van der Waals surface area contributed by atoms with Crippen LogP contribution in [0.25, 0.3) is 0 Å². The van der Waals surface area contributed by atoms with Crippen LogP contribution in [0.1, 0.15) is 31.2 Å². The molecule has 0 atom stereocenters. The van der Waals surface area contributed by atoms with Crippen LogP contribution in [0.2, 0.25) is 0 Å². The van der Waals surface area contributed by atoms with Gasteiger partial charge < -0.3 is 11.1 Å². The summed E-state index contributed by atoms with van der Waals surface area (Å²) in [5.74, 6) is -0.124. The minimum Gasteiger partial charge on any atom is -0.329 e. The smallest absolute Gasteiger partial charge is 0.274 e. The van der Waals surface area contributed by atoms with E-state index < -0.39 is 10.3 Å². The molecule has 1 saturated carbocycles. The van der Waals surface area contributed by atoms with Gasteiger partial charge in [0.2, 0.25) is 5.91 Å². The minimum atomic E-state index is -0.517. The van der Waals surface area contributed by atoms with Crippen LogP contribution in [0.5, 0.6) is 0 Å². The fourth-order valence-corrected chi connectivity index (χ4v) is 2.79. The average Bonchev–Trinajstić information content (AvgIpc) is 2.90. The van der Waals surface area contributed by atoms with E-state index in [9.17, 15) is 14.9 Å². The number of nitrogens with two attached hydrogens (primary N) is 1. The van der Waals surface area contributed by atoms with Gasteiger partial charge in [0.05, 0.1) is 21.6 Å². The van der Waals surface area contributed by atoms with E-state index in [4.69, 9.17) is 5.73 Å². The predicted octanol–water partition coefficient (Wildman–Crippen LogP) is 2.36. The first kappa shape index (κ1) is 14.5. The molecular weight excluding hydrogens is 258 g/mol. The first-order chi connectivity index (χ1) is 9.50. The van der Waals surface area contributed by atoms with E-state index in [-0.39, 0.29) is 11.6 Å². The quantitative estimate of drug-likeness (QED) is 0.652. The summed E-state index contributed by atoms with van der Waals surface area (Å²) < 4.78 is 0. The second-order valence-corrected chi connectivity index (χ2v) is 5.35. The van der Waals surface area contributed by atoms with Gasteiger partial charge in [0, 0.05) is 12.6 Å². The molecule has 108 valence electrons. The number of rotatable bonds is 4. The Morgan fingerprint density at radius 3 is 2.65 bits per heavy atom. The number of hydrogen-bond acceptors (Lipinski definition) is 4. The number of nitrogens with zero attached hydrogens (tertiary/aromatic N) is 1. The average molecular weight is 277 g/mol. The molecule has 6 heteroatoms. The Bertz CT molecular complexity index is 536. The number of anilines is 1. The lowest BCUT2D eigenvalue weighted by Gasteiger charge is -2.26. The zero-order chi connectivity index (χ0) is 14.8. The third-order valence-corrected chi connectivity index (χ3v) is 4.18. The molecule has 1 amide bonds. The highest BCUT2D eigenvalue weighted by atomic mass is 16.6. The maximum absolute atomic E-state index is 12.4. The molecule has 0 saturated heterocycles. The molecule has 1 fully saturated rings. The monoisotopic (exact) mass is 277 g/mol. The van der Waals surface area contributed by atoms with Gasteiger partial charge in [0.15, 0.2) is 0 Å². The fraction of sp³-hybridized carbons (Fsp3) is 0.500. The molecule has 6 nitrogen and oxygen atoms in total. The van der Waals surface area contributed by atoms with Crippen LogP contribution in [0.15, 0.2) is 18.2 Å². The van der Waals surface area contributed by atoms with Crippen LogP contribution in [-0.4, -0.2) is 17.4 Å². The Labute approximate surface area is 117 Å². The van der Waals surface area contributed by atoms with E-state index in [0.29, 0.717) is 17.8 Å². The van der Waals surface area contributed by atoms with Gasteiger partial charge in [0.1, 0.15) is 0 Å². The van der Waals surface area contributed by atoms with Crippen molar-refractivity contribution in [1.82, 2.24) is 0 Å². The van der Waals surface area contributed by atoms with Gasteiger partial charge in [-0.25, -0.2) is 0 Å². The minimum absolute atomic E-state index is 0.0102. The van der Waals surface area contributed by atoms with Crippen LogP contribution in [0.4, 0.5) is 11.4 Å². The molecule has 0 aromatic heterocycles. The molecule has 1 aromatic carbocycles. The van der Waals surface area contributed by atoms with E-state index >= 15 is 0 Å². The fourth-order valence-electron chi connectivity index (χ4n) is 2.79. The zero-order valence-corrected chi connectivity index (χ0v) is 11.5. The molecule has 0 radical (unpaired) electrons. The van der Waals surface area contributed by atoms with Crippen molar-refractivity contribution in [2.45, 2.75) is 32.6 Å². The number of benzene rings is 1. The SMILES string of the molecule is Cc1c(NC(=O)C2(CN)CCCC2)cccc1[N+](=O)[O-]. The molecule has 0 heterocycles. The third-order valence-electron chi connectivity index (χ3n) is 4.18. The highest BCUT2D eigenvalue weighted by molar-refractivity contribution is 5.96. The molecule has 0 spiro atoms. The number of hydrogen-bond donors (Lipinski definition) is 2. The van der Waals surface area contributed by atoms with Crippen LogP contribution in [0.3, 0.4) is 0 Å². The van der Waals surface area contributed by atoms with Crippen molar-refractivity contribution in [3.8, 4) is 0 Å². The topological polar surface area (TPSA) is 98.3 Å². The van der Waals surface area contributed by atoms with E-state index in [2.05, 4.69) is 5.32 Å². The second kappa shape index (κ2) is 5.58. The molecule has 20 heavy (non-hydrogen) atoms. The standard InChI is InChI=1S/C14H19N3O3/c1-10-11(5-4-6-12(10)17(19)20)16-13(18)14(9-15)7-2-3-8-14/h4-6H,2-3,7-9,15H2,1H3,(H,16,18). The number of amides is 1. The van der Waals surface area contributed by atoms with Gasteiger partial charge in [-0.3, -0.25) is 14.9 Å². The molecule has 1 aliphatic carbocycles. The maximum Gasteiger partial charge on any atom is 0.274 e. The van der Waals surface area contributed by atoms with Crippen molar-refractivity contribution < 1.29 is 9.72 Å². The lowest BCUT2D eigenvalue weighted by Crippen LogP contribution is -2.40. The maximum atomic E-state index is 12.4. The number of nitro benzene ring substituents is 1. The number of nitro groups is 1. The van der Waals surface area contributed by atoms with Crippen molar-refractivity contribution in [2.75, 3.05) is 11.9 Å². The molecular formula is C14H19N3O3. The summed E-state index contributed by atoms with van der Waals surface area (Å²) in [5, 5.41) is 13.7. The highest BCUT2D eigenvalue weighted by Crippen LogP contribution is 2.38. The molecule has 1 aliphatic rings. The Morgan fingerprint density at radius 2 is 2.10 bits per heavy atom.